The van der Waals surface area contributed by atoms with Crippen LogP contribution in [0.5, 0.6) is 0 Å². The molecule has 1 rings (SSSR count). The van der Waals surface area contributed by atoms with Gasteiger partial charge < -0.3 is 5.11 Å². The minimum Gasteiger partial charge on any atom is -0.477 e. The highest BCUT2D eigenvalue weighted by Gasteiger charge is 2.12. The Morgan fingerprint density at radius 1 is 1.71 bits per heavy atom. The third-order valence-corrected chi connectivity index (χ3v) is 2.86. The molecule has 74 valence electrons. The number of halogens is 1. The maximum Gasteiger partial charge on any atom is 0.347 e. The average Bonchev–Trinajstić information content (AvgIpc) is 2.47. The fourth-order valence-corrected chi connectivity index (χ4v) is 1.81. The quantitative estimate of drug-likeness (QED) is 0.665. The minimum absolute atomic E-state index is 0.271. The van der Waals surface area contributed by atoms with E-state index in [0.29, 0.717) is 10.7 Å². The van der Waals surface area contributed by atoms with Crippen molar-refractivity contribution in [1.29, 1.82) is 0 Å². The topological polar surface area (TPSA) is 50.2 Å². The van der Waals surface area contributed by atoms with Crippen molar-refractivity contribution in [3.05, 3.63) is 15.6 Å². The summed E-state index contributed by atoms with van der Waals surface area (Å²) in [4.78, 5) is 15.0. The largest absolute Gasteiger partial charge is 0.477 e. The van der Waals surface area contributed by atoms with Crippen LogP contribution in [0.15, 0.2) is 0 Å². The van der Waals surface area contributed by atoms with Gasteiger partial charge in [-0.2, -0.15) is 0 Å². The van der Waals surface area contributed by atoms with E-state index in [4.69, 9.17) is 5.11 Å². The highest BCUT2D eigenvalue weighted by atomic mass is 79.9. The molecule has 0 unspecified atom stereocenters. The molecule has 0 aliphatic rings. The van der Waals surface area contributed by atoms with Crippen LogP contribution in [-0.2, 0) is 0 Å². The van der Waals surface area contributed by atoms with Crippen molar-refractivity contribution in [2.75, 3.05) is 5.33 Å². The maximum atomic E-state index is 10.7. The number of carboxylic acid groups (broad SMARTS) is 1. The Kier molecular flexibility index (Phi) is 4.11. The van der Waals surface area contributed by atoms with Crippen LogP contribution in [0.3, 0.4) is 0 Å². The molecule has 1 aromatic heterocycles. The minimum atomic E-state index is -0.937. The summed E-state index contributed by atoms with van der Waals surface area (Å²) in [5.74, 6) is 4.78. The number of nitrogens with zero attached hydrogens (tertiary/aromatic N) is 1. The van der Waals surface area contributed by atoms with Crippen molar-refractivity contribution in [3.8, 4) is 11.8 Å². The first-order valence-electron chi connectivity index (χ1n) is 3.90. The second-order valence-corrected chi connectivity index (χ2v) is 4.27. The molecule has 1 N–H and O–H groups in total. The predicted octanol–water partition coefficient (Wildman–Crippen LogP) is 2.29. The molecule has 0 saturated heterocycles. The Balaban J connectivity index is 2.88. The standard InChI is InChI=1S/C9H8BrNO2S/c1-6-8(9(12)13)14-7(11-6)4-2-3-5-10/h3,5H2,1H3,(H,12,13). The summed E-state index contributed by atoms with van der Waals surface area (Å²) in [5.41, 5.74) is 0.533. The van der Waals surface area contributed by atoms with Crippen LogP contribution in [0.2, 0.25) is 0 Å². The molecule has 3 nitrogen and oxygen atoms in total. The lowest BCUT2D eigenvalue weighted by Crippen LogP contribution is -1.94. The highest BCUT2D eigenvalue weighted by Crippen LogP contribution is 2.16. The summed E-state index contributed by atoms with van der Waals surface area (Å²) < 4.78 is 0. The van der Waals surface area contributed by atoms with Gasteiger partial charge >= 0.3 is 5.97 Å². The summed E-state index contributed by atoms with van der Waals surface area (Å²) in [6.07, 6.45) is 0.737. The van der Waals surface area contributed by atoms with E-state index in [-0.39, 0.29) is 4.88 Å². The van der Waals surface area contributed by atoms with E-state index in [1.54, 1.807) is 6.92 Å². The molecule has 14 heavy (non-hydrogen) atoms. The molecule has 0 amide bonds. The molecule has 0 aliphatic heterocycles. The summed E-state index contributed by atoms with van der Waals surface area (Å²) in [6.45, 7) is 1.68. The Labute approximate surface area is 94.3 Å². The molecule has 0 aromatic carbocycles. The normalized spacial score (nSPS) is 9.29. The van der Waals surface area contributed by atoms with Gasteiger partial charge in [0.1, 0.15) is 4.88 Å². The smallest absolute Gasteiger partial charge is 0.347 e. The Morgan fingerprint density at radius 2 is 2.43 bits per heavy atom. The van der Waals surface area contributed by atoms with Crippen LogP contribution < -0.4 is 0 Å². The number of rotatable bonds is 2. The maximum absolute atomic E-state index is 10.7. The first-order valence-corrected chi connectivity index (χ1v) is 5.84. The fraction of sp³-hybridized carbons (Fsp3) is 0.333. The van der Waals surface area contributed by atoms with Crippen molar-refractivity contribution in [2.24, 2.45) is 0 Å². The third kappa shape index (κ3) is 2.82. The number of aryl methyl sites for hydroxylation is 1. The SMILES string of the molecule is Cc1nc(C#CCCBr)sc1C(=O)O. The number of aromatic carboxylic acids is 1. The summed E-state index contributed by atoms with van der Waals surface area (Å²) in [5, 5.41) is 10.2. The fourth-order valence-electron chi connectivity index (χ4n) is 0.834. The lowest BCUT2D eigenvalue weighted by molar-refractivity contribution is 0.0701. The summed E-state index contributed by atoms with van der Waals surface area (Å²) in [6, 6.07) is 0. The zero-order valence-electron chi connectivity index (χ0n) is 7.50. The van der Waals surface area contributed by atoms with Crippen molar-refractivity contribution >= 4 is 33.2 Å². The molecular formula is C9H8BrNO2S. The van der Waals surface area contributed by atoms with E-state index in [1.807, 2.05) is 0 Å². The molecule has 1 heterocycles. The van der Waals surface area contributed by atoms with Gasteiger partial charge in [0.15, 0.2) is 5.01 Å². The number of aromatic nitrogens is 1. The highest BCUT2D eigenvalue weighted by molar-refractivity contribution is 9.09. The number of carboxylic acids is 1. The van der Waals surface area contributed by atoms with Crippen LogP contribution in [0.1, 0.15) is 26.8 Å². The second kappa shape index (κ2) is 5.13. The predicted molar refractivity (Wildman–Crippen MR) is 59.1 cm³/mol. The van der Waals surface area contributed by atoms with Gasteiger partial charge in [-0.15, -0.1) is 0 Å². The van der Waals surface area contributed by atoms with Crippen molar-refractivity contribution < 1.29 is 9.90 Å². The number of hydrogen-bond acceptors (Lipinski definition) is 3. The molecule has 0 radical (unpaired) electrons. The van der Waals surface area contributed by atoms with E-state index in [0.717, 1.165) is 23.1 Å². The average molecular weight is 274 g/mol. The molecule has 5 heteroatoms. The Hall–Kier alpha value is -0.860. The van der Waals surface area contributed by atoms with Gasteiger partial charge in [0.25, 0.3) is 0 Å². The molecule has 0 atom stereocenters. The number of hydrogen-bond donors (Lipinski definition) is 1. The monoisotopic (exact) mass is 273 g/mol. The Bertz CT molecular complexity index is 403. The van der Waals surface area contributed by atoms with Gasteiger partial charge in [0, 0.05) is 11.8 Å². The van der Waals surface area contributed by atoms with E-state index in [9.17, 15) is 4.79 Å². The lowest BCUT2D eigenvalue weighted by atomic mass is 10.4. The van der Waals surface area contributed by atoms with E-state index >= 15 is 0 Å². The molecule has 0 spiro atoms. The zero-order chi connectivity index (χ0) is 10.6. The first kappa shape index (κ1) is 11.2. The first-order chi connectivity index (χ1) is 6.65. The Morgan fingerprint density at radius 3 is 2.93 bits per heavy atom. The van der Waals surface area contributed by atoms with Crippen LogP contribution in [0.25, 0.3) is 0 Å². The molecule has 0 saturated carbocycles. The molecular weight excluding hydrogens is 266 g/mol. The molecule has 1 aromatic rings. The van der Waals surface area contributed by atoms with E-state index in [2.05, 4.69) is 32.8 Å². The number of thiazole rings is 1. The van der Waals surface area contributed by atoms with Crippen molar-refractivity contribution in [1.82, 2.24) is 4.98 Å². The van der Waals surface area contributed by atoms with Crippen LogP contribution >= 0.6 is 27.3 Å². The van der Waals surface area contributed by atoms with Crippen molar-refractivity contribution in [3.63, 3.8) is 0 Å². The molecule has 0 bridgehead atoms. The van der Waals surface area contributed by atoms with Crippen LogP contribution in [0.4, 0.5) is 0 Å². The van der Waals surface area contributed by atoms with E-state index < -0.39 is 5.97 Å². The zero-order valence-corrected chi connectivity index (χ0v) is 9.91. The van der Waals surface area contributed by atoms with Gasteiger partial charge in [-0.3, -0.25) is 0 Å². The van der Waals surface area contributed by atoms with Gasteiger partial charge in [0.05, 0.1) is 5.69 Å². The van der Waals surface area contributed by atoms with Gasteiger partial charge in [-0.1, -0.05) is 33.2 Å². The van der Waals surface area contributed by atoms with Crippen molar-refractivity contribution in [2.45, 2.75) is 13.3 Å². The van der Waals surface area contributed by atoms with Crippen LogP contribution in [0, 0.1) is 18.8 Å². The van der Waals surface area contributed by atoms with Gasteiger partial charge in [0.2, 0.25) is 0 Å². The third-order valence-electron chi connectivity index (χ3n) is 1.41. The number of alkyl halides is 1. The summed E-state index contributed by atoms with van der Waals surface area (Å²) >= 11 is 4.37. The lowest BCUT2D eigenvalue weighted by Gasteiger charge is -1.84. The summed E-state index contributed by atoms with van der Waals surface area (Å²) in [7, 11) is 0. The molecule has 0 aliphatic carbocycles. The van der Waals surface area contributed by atoms with Gasteiger partial charge in [-0.25, -0.2) is 9.78 Å². The van der Waals surface area contributed by atoms with Crippen LogP contribution in [-0.4, -0.2) is 21.4 Å². The van der Waals surface area contributed by atoms with Gasteiger partial charge in [-0.05, 0) is 12.8 Å². The second-order valence-electron chi connectivity index (χ2n) is 2.48. The van der Waals surface area contributed by atoms with E-state index in [1.165, 1.54) is 0 Å². The number of carbonyl (C=O) groups is 1. The molecule has 0 fully saturated rings.